The summed E-state index contributed by atoms with van der Waals surface area (Å²) in [6, 6.07) is 6.67. The lowest BCUT2D eigenvalue weighted by molar-refractivity contribution is 0.630. The SMILES string of the molecule is CCC1=NSN(c2ccccc2F)C=C1. The van der Waals surface area contributed by atoms with Gasteiger partial charge in [-0.2, -0.15) is 4.40 Å². The predicted molar refractivity (Wildman–Crippen MR) is 63.3 cm³/mol. The fourth-order valence-electron chi connectivity index (χ4n) is 1.24. The molecule has 0 saturated carbocycles. The van der Waals surface area contributed by atoms with Crippen molar-refractivity contribution in [2.24, 2.45) is 4.40 Å². The van der Waals surface area contributed by atoms with Crippen molar-refractivity contribution in [3.8, 4) is 0 Å². The predicted octanol–water partition coefficient (Wildman–Crippen LogP) is 3.57. The molecule has 1 aliphatic rings. The van der Waals surface area contributed by atoms with Crippen molar-refractivity contribution in [1.29, 1.82) is 0 Å². The Morgan fingerprint density at radius 3 is 2.80 bits per heavy atom. The molecule has 1 heterocycles. The fraction of sp³-hybridized carbons (Fsp3) is 0.182. The molecule has 0 spiro atoms. The quantitative estimate of drug-likeness (QED) is 0.711. The van der Waals surface area contributed by atoms with Gasteiger partial charge >= 0.3 is 0 Å². The van der Waals surface area contributed by atoms with Crippen LogP contribution in [0.15, 0.2) is 40.9 Å². The molecular formula is C11H11FN2S. The molecule has 2 rings (SSSR count). The van der Waals surface area contributed by atoms with Gasteiger partial charge in [0.1, 0.15) is 5.82 Å². The Hall–Kier alpha value is -1.29. The molecule has 0 atom stereocenters. The van der Waals surface area contributed by atoms with Crippen molar-refractivity contribution < 1.29 is 4.39 Å². The first kappa shape index (κ1) is 10.2. The second-order valence-electron chi connectivity index (χ2n) is 3.11. The third-order valence-electron chi connectivity index (χ3n) is 2.10. The summed E-state index contributed by atoms with van der Waals surface area (Å²) in [5.41, 5.74) is 1.56. The van der Waals surface area contributed by atoms with Crippen molar-refractivity contribution in [3.05, 3.63) is 42.4 Å². The van der Waals surface area contributed by atoms with Crippen molar-refractivity contribution in [1.82, 2.24) is 0 Å². The summed E-state index contributed by atoms with van der Waals surface area (Å²) in [6.45, 7) is 2.04. The largest absolute Gasteiger partial charge is 0.270 e. The molecule has 1 aromatic carbocycles. The molecule has 0 unspecified atom stereocenters. The normalized spacial score (nSPS) is 15.3. The van der Waals surface area contributed by atoms with Gasteiger partial charge < -0.3 is 0 Å². The molecule has 15 heavy (non-hydrogen) atoms. The molecule has 0 bridgehead atoms. The van der Waals surface area contributed by atoms with E-state index >= 15 is 0 Å². The van der Waals surface area contributed by atoms with Gasteiger partial charge in [0.15, 0.2) is 0 Å². The van der Waals surface area contributed by atoms with Crippen LogP contribution in [0.25, 0.3) is 0 Å². The summed E-state index contributed by atoms with van der Waals surface area (Å²) in [7, 11) is 0. The number of anilines is 1. The lowest BCUT2D eigenvalue weighted by Gasteiger charge is -2.19. The van der Waals surface area contributed by atoms with Crippen LogP contribution in [0.4, 0.5) is 10.1 Å². The number of hydrogen-bond donors (Lipinski definition) is 0. The van der Waals surface area contributed by atoms with Gasteiger partial charge in [-0.05, 0) is 24.6 Å². The highest BCUT2D eigenvalue weighted by Crippen LogP contribution is 2.28. The number of halogens is 1. The summed E-state index contributed by atoms with van der Waals surface area (Å²) in [4.78, 5) is 0. The van der Waals surface area contributed by atoms with Crippen LogP contribution in [-0.2, 0) is 0 Å². The number of para-hydroxylation sites is 1. The Balaban J connectivity index is 2.19. The first-order chi connectivity index (χ1) is 7.31. The highest BCUT2D eigenvalue weighted by molar-refractivity contribution is 7.99. The second kappa shape index (κ2) is 4.49. The number of hydrogen-bond acceptors (Lipinski definition) is 3. The molecule has 4 heteroatoms. The van der Waals surface area contributed by atoms with E-state index in [0.29, 0.717) is 5.69 Å². The zero-order chi connectivity index (χ0) is 10.7. The summed E-state index contributed by atoms with van der Waals surface area (Å²) in [6.07, 6.45) is 4.65. The molecule has 0 aromatic heterocycles. The highest BCUT2D eigenvalue weighted by atomic mass is 32.2. The van der Waals surface area contributed by atoms with Crippen LogP contribution in [0.1, 0.15) is 13.3 Å². The third-order valence-corrected chi connectivity index (χ3v) is 2.91. The van der Waals surface area contributed by atoms with E-state index in [0.717, 1.165) is 12.1 Å². The molecule has 1 aliphatic heterocycles. The monoisotopic (exact) mass is 222 g/mol. The Morgan fingerprint density at radius 1 is 1.40 bits per heavy atom. The lowest BCUT2D eigenvalue weighted by Crippen LogP contribution is -2.11. The fourth-order valence-corrected chi connectivity index (χ4v) is 1.98. The van der Waals surface area contributed by atoms with E-state index in [-0.39, 0.29) is 5.82 Å². The van der Waals surface area contributed by atoms with Crippen LogP contribution >= 0.6 is 12.1 Å². The molecule has 78 valence electrons. The molecule has 0 radical (unpaired) electrons. The Bertz CT molecular complexity index is 415. The first-order valence-corrected chi connectivity index (χ1v) is 5.50. The summed E-state index contributed by atoms with van der Waals surface area (Å²) < 4.78 is 19.4. The Labute approximate surface area is 92.8 Å². The van der Waals surface area contributed by atoms with E-state index in [9.17, 15) is 4.39 Å². The number of allylic oxidation sites excluding steroid dienone is 1. The molecule has 0 fully saturated rings. The van der Waals surface area contributed by atoms with Crippen LogP contribution in [-0.4, -0.2) is 5.71 Å². The summed E-state index contributed by atoms with van der Waals surface area (Å²) >= 11 is 1.26. The zero-order valence-corrected chi connectivity index (χ0v) is 9.17. The molecule has 2 nitrogen and oxygen atoms in total. The maximum Gasteiger partial charge on any atom is 0.147 e. The Morgan fingerprint density at radius 2 is 2.20 bits per heavy atom. The first-order valence-electron chi connectivity index (χ1n) is 4.77. The third kappa shape index (κ3) is 2.21. The molecular weight excluding hydrogens is 211 g/mol. The van der Waals surface area contributed by atoms with Gasteiger partial charge in [-0.3, -0.25) is 4.31 Å². The van der Waals surface area contributed by atoms with E-state index in [1.807, 2.05) is 25.3 Å². The van der Waals surface area contributed by atoms with Gasteiger partial charge in [0.2, 0.25) is 0 Å². The summed E-state index contributed by atoms with van der Waals surface area (Å²) in [5, 5.41) is 0. The van der Waals surface area contributed by atoms with Gasteiger partial charge in [0, 0.05) is 6.20 Å². The maximum absolute atomic E-state index is 13.4. The minimum absolute atomic E-state index is 0.232. The molecule has 0 saturated heterocycles. The highest BCUT2D eigenvalue weighted by Gasteiger charge is 2.11. The van der Waals surface area contributed by atoms with Gasteiger partial charge in [-0.1, -0.05) is 19.1 Å². The molecule has 0 aliphatic carbocycles. The van der Waals surface area contributed by atoms with Gasteiger partial charge in [-0.25, -0.2) is 4.39 Å². The summed E-state index contributed by atoms with van der Waals surface area (Å²) in [5.74, 6) is -0.232. The molecule has 0 amide bonds. The van der Waals surface area contributed by atoms with Crippen LogP contribution in [0, 0.1) is 5.82 Å². The smallest absolute Gasteiger partial charge is 0.147 e. The van der Waals surface area contributed by atoms with E-state index in [4.69, 9.17) is 0 Å². The number of rotatable bonds is 2. The van der Waals surface area contributed by atoms with Crippen molar-refractivity contribution in [2.45, 2.75) is 13.3 Å². The van der Waals surface area contributed by atoms with Gasteiger partial charge in [0.25, 0.3) is 0 Å². The van der Waals surface area contributed by atoms with E-state index in [1.54, 1.807) is 16.4 Å². The van der Waals surface area contributed by atoms with Crippen molar-refractivity contribution in [3.63, 3.8) is 0 Å². The number of benzene rings is 1. The van der Waals surface area contributed by atoms with Crippen molar-refractivity contribution >= 4 is 23.5 Å². The zero-order valence-electron chi connectivity index (χ0n) is 8.35. The minimum Gasteiger partial charge on any atom is -0.270 e. The van der Waals surface area contributed by atoms with Crippen molar-refractivity contribution in [2.75, 3.05) is 4.31 Å². The van der Waals surface area contributed by atoms with Crippen LogP contribution < -0.4 is 4.31 Å². The van der Waals surface area contributed by atoms with Gasteiger partial charge in [0.05, 0.1) is 23.5 Å². The maximum atomic E-state index is 13.4. The standard InChI is InChI=1S/C11H11FN2S/c1-2-9-7-8-14(15-13-9)11-6-4-3-5-10(11)12/h3-8H,2H2,1H3. The van der Waals surface area contributed by atoms with E-state index in [1.165, 1.54) is 18.2 Å². The van der Waals surface area contributed by atoms with Crippen LogP contribution in [0.3, 0.4) is 0 Å². The molecule has 1 aromatic rings. The van der Waals surface area contributed by atoms with Gasteiger partial charge in [-0.15, -0.1) is 0 Å². The van der Waals surface area contributed by atoms with E-state index < -0.39 is 0 Å². The van der Waals surface area contributed by atoms with E-state index in [2.05, 4.69) is 4.40 Å². The number of nitrogens with zero attached hydrogens (tertiary/aromatic N) is 2. The topological polar surface area (TPSA) is 15.6 Å². The molecule has 0 N–H and O–H groups in total. The van der Waals surface area contributed by atoms with Crippen LogP contribution in [0.2, 0.25) is 0 Å². The lowest BCUT2D eigenvalue weighted by atomic mass is 10.3. The Kier molecular flexibility index (Phi) is 3.06. The van der Waals surface area contributed by atoms with Crippen LogP contribution in [0.5, 0.6) is 0 Å². The average molecular weight is 222 g/mol. The average Bonchev–Trinajstić information content (AvgIpc) is 2.30. The minimum atomic E-state index is -0.232. The second-order valence-corrected chi connectivity index (χ2v) is 3.85.